The zero-order valence-electron chi connectivity index (χ0n) is 8.60. The first-order valence-corrected chi connectivity index (χ1v) is 4.58. The van der Waals surface area contributed by atoms with E-state index in [1.54, 1.807) is 0 Å². The van der Waals surface area contributed by atoms with Crippen LogP contribution in [0.25, 0.3) is 0 Å². The first-order valence-electron chi connectivity index (χ1n) is 4.58. The van der Waals surface area contributed by atoms with Gasteiger partial charge in [0.1, 0.15) is 5.82 Å². The van der Waals surface area contributed by atoms with Gasteiger partial charge in [-0.3, -0.25) is 4.98 Å². The molecule has 1 aromatic rings. The number of hydrogen-bond acceptors (Lipinski definition) is 5. The highest BCUT2D eigenvalue weighted by Crippen LogP contribution is 2.17. The van der Waals surface area contributed by atoms with Gasteiger partial charge < -0.3 is 16.0 Å². The molecule has 0 bridgehead atoms. The molecule has 2 rings (SSSR count). The summed E-state index contributed by atoms with van der Waals surface area (Å²) in [6.45, 7) is 3.63. The van der Waals surface area contributed by atoms with Gasteiger partial charge in [0.15, 0.2) is 0 Å². The van der Waals surface area contributed by atoms with Gasteiger partial charge in [0.25, 0.3) is 0 Å². The van der Waals surface area contributed by atoms with Gasteiger partial charge in [-0.25, -0.2) is 4.79 Å². The van der Waals surface area contributed by atoms with Crippen LogP contribution in [0.15, 0.2) is 11.0 Å². The van der Waals surface area contributed by atoms with Crippen molar-refractivity contribution in [2.75, 3.05) is 36.8 Å². The van der Waals surface area contributed by atoms with Gasteiger partial charge in [0, 0.05) is 26.2 Å². The second kappa shape index (κ2) is 6.57. The molecule has 1 saturated heterocycles. The average Bonchev–Trinajstić information content (AvgIpc) is 2.19. The van der Waals surface area contributed by atoms with Crippen LogP contribution in [-0.4, -0.2) is 36.1 Å². The Morgan fingerprint density at radius 3 is 2.50 bits per heavy atom. The van der Waals surface area contributed by atoms with E-state index in [1.807, 2.05) is 0 Å². The Hall–Kier alpha value is -0.980. The standard InChI is InChI=1S/C8H13N5O.2ClH/c9-7-6(5-11-8(14)12-7)13-3-1-10-2-4-13;;/h5,10H,1-4H2,(H3,9,11,12,14);2*1H. The smallest absolute Gasteiger partial charge is 0.346 e. The van der Waals surface area contributed by atoms with E-state index in [2.05, 4.69) is 20.2 Å². The number of rotatable bonds is 1. The van der Waals surface area contributed by atoms with Crippen LogP contribution in [0.3, 0.4) is 0 Å². The summed E-state index contributed by atoms with van der Waals surface area (Å²) >= 11 is 0. The third-order valence-corrected chi connectivity index (χ3v) is 2.28. The van der Waals surface area contributed by atoms with Gasteiger partial charge in [0.2, 0.25) is 0 Å². The maximum Gasteiger partial charge on any atom is 0.346 e. The predicted octanol–water partition coefficient (Wildman–Crippen LogP) is -0.395. The number of nitrogen functional groups attached to an aromatic ring is 1. The van der Waals surface area contributed by atoms with Crippen LogP contribution >= 0.6 is 24.8 Å². The first-order chi connectivity index (χ1) is 6.77. The fraction of sp³-hybridized carbons (Fsp3) is 0.500. The molecule has 1 aliphatic rings. The second-order valence-electron chi connectivity index (χ2n) is 3.22. The van der Waals surface area contributed by atoms with Crippen LogP contribution in [0.1, 0.15) is 0 Å². The molecule has 1 aromatic heterocycles. The molecule has 0 saturated carbocycles. The van der Waals surface area contributed by atoms with Crippen molar-refractivity contribution in [3.8, 4) is 0 Å². The molecule has 0 aliphatic carbocycles. The van der Waals surface area contributed by atoms with Crippen LogP contribution in [-0.2, 0) is 0 Å². The minimum Gasteiger partial charge on any atom is -0.383 e. The minimum absolute atomic E-state index is 0. The first kappa shape index (κ1) is 15.0. The number of nitrogens with two attached hydrogens (primary N) is 1. The molecular formula is C8H15Cl2N5O. The van der Waals surface area contributed by atoms with E-state index in [0.717, 1.165) is 31.9 Å². The lowest BCUT2D eigenvalue weighted by molar-refractivity contribution is 0.588. The number of aromatic amines is 1. The second-order valence-corrected chi connectivity index (χ2v) is 3.22. The average molecular weight is 268 g/mol. The lowest BCUT2D eigenvalue weighted by atomic mass is 10.3. The topological polar surface area (TPSA) is 87.0 Å². The summed E-state index contributed by atoms with van der Waals surface area (Å²) in [6.07, 6.45) is 1.53. The van der Waals surface area contributed by atoms with Crippen molar-refractivity contribution in [1.29, 1.82) is 0 Å². The quantitative estimate of drug-likeness (QED) is 0.645. The molecule has 8 heteroatoms. The van der Waals surface area contributed by atoms with Crippen LogP contribution in [0.2, 0.25) is 0 Å². The van der Waals surface area contributed by atoms with E-state index in [4.69, 9.17) is 5.73 Å². The van der Waals surface area contributed by atoms with Gasteiger partial charge in [-0.2, -0.15) is 4.98 Å². The molecule has 0 aromatic carbocycles. The van der Waals surface area contributed by atoms with Crippen LogP contribution in [0.4, 0.5) is 11.5 Å². The highest BCUT2D eigenvalue weighted by molar-refractivity contribution is 5.85. The molecule has 0 atom stereocenters. The van der Waals surface area contributed by atoms with Crippen molar-refractivity contribution in [3.05, 3.63) is 16.7 Å². The zero-order chi connectivity index (χ0) is 9.97. The summed E-state index contributed by atoms with van der Waals surface area (Å²) in [5.74, 6) is 0.395. The number of anilines is 2. The van der Waals surface area contributed by atoms with E-state index in [1.165, 1.54) is 6.20 Å². The van der Waals surface area contributed by atoms with Crippen molar-refractivity contribution in [1.82, 2.24) is 15.3 Å². The Morgan fingerprint density at radius 2 is 1.94 bits per heavy atom. The molecule has 92 valence electrons. The number of piperazine rings is 1. The largest absolute Gasteiger partial charge is 0.383 e. The highest BCUT2D eigenvalue weighted by Gasteiger charge is 2.13. The summed E-state index contributed by atoms with van der Waals surface area (Å²) in [6, 6.07) is 0. The van der Waals surface area contributed by atoms with Crippen LogP contribution in [0, 0.1) is 0 Å². The van der Waals surface area contributed by atoms with E-state index in [-0.39, 0.29) is 24.8 Å². The molecule has 16 heavy (non-hydrogen) atoms. The van der Waals surface area contributed by atoms with Crippen LogP contribution in [0.5, 0.6) is 0 Å². The monoisotopic (exact) mass is 267 g/mol. The van der Waals surface area contributed by atoms with Crippen LogP contribution < -0.4 is 21.6 Å². The van der Waals surface area contributed by atoms with Gasteiger partial charge in [0.05, 0.1) is 11.9 Å². The molecule has 0 spiro atoms. The number of H-pyrrole nitrogens is 1. The number of halogens is 2. The normalized spacial score (nSPS) is 14.9. The third-order valence-electron chi connectivity index (χ3n) is 2.28. The molecule has 1 fully saturated rings. The third kappa shape index (κ3) is 3.26. The van der Waals surface area contributed by atoms with Gasteiger partial charge in [-0.1, -0.05) is 0 Å². The number of nitrogens with zero attached hydrogens (tertiary/aromatic N) is 2. The van der Waals surface area contributed by atoms with E-state index in [0.29, 0.717) is 5.82 Å². The molecule has 0 amide bonds. The lowest BCUT2D eigenvalue weighted by Crippen LogP contribution is -2.44. The molecule has 1 aliphatic heterocycles. The van der Waals surface area contributed by atoms with E-state index in [9.17, 15) is 4.79 Å². The molecule has 6 nitrogen and oxygen atoms in total. The van der Waals surface area contributed by atoms with E-state index >= 15 is 0 Å². The Bertz CT molecular complexity index is 377. The molecule has 0 radical (unpaired) electrons. The molecule has 0 unspecified atom stereocenters. The van der Waals surface area contributed by atoms with Gasteiger partial charge >= 0.3 is 5.69 Å². The van der Waals surface area contributed by atoms with Crippen molar-refractivity contribution in [3.63, 3.8) is 0 Å². The Balaban J connectivity index is 0.00000112. The predicted molar refractivity (Wildman–Crippen MR) is 68.8 cm³/mol. The Morgan fingerprint density at radius 1 is 1.31 bits per heavy atom. The molecule has 4 N–H and O–H groups in total. The summed E-state index contributed by atoms with van der Waals surface area (Å²) < 4.78 is 0. The Labute approximate surface area is 105 Å². The van der Waals surface area contributed by atoms with E-state index < -0.39 is 5.69 Å². The zero-order valence-corrected chi connectivity index (χ0v) is 10.2. The highest BCUT2D eigenvalue weighted by atomic mass is 35.5. The maximum atomic E-state index is 10.8. The SMILES string of the molecule is Cl.Cl.Nc1[nH]c(=O)ncc1N1CCNCC1. The lowest BCUT2D eigenvalue weighted by Gasteiger charge is -2.29. The fourth-order valence-corrected chi connectivity index (χ4v) is 1.56. The van der Waals surface area contributed by atoms with Crippen molar-refractivity contribution in [2.24, 2.45) is 0 Å². The van der Waals surface area contributed by atoms with Crippen molar-refractivity contribution >= 4 is 36.3 Å². The van der Waals surface area contributed by atoms with Crippen molar-refractivity contribution in [2.45, 2.75) is 0 Å². The minimum atomic E-state index is -0.401. The molecule has 2 heterocycles. The van der Waals surface area contributed by atoms with Gasteiger partial charge in [-0.05, 0) is 0 Å². The fourth-order valence-electron chi connectivity index (χ4n) is 1.56. The summed E-state index contributed by atoms with van der Waals surface area (Å²) in [4.78, 5) is 19.1. The number of aromatic nitrogens is 2. The molecular weight excluding hydrogens is 253 g/mol. The van der Waals surface area contributed by atoms with Gasteiger partial charge in [-0.15, -0.1) is 24.8 Å². The van der Waals surface area contributed by atoms with Crippen molar-refractivity contribution < 1.29 is 0 Å². The summed E-state index contributed by atoms with van der Waals surface area (Å²) in [7, 11) is 0. The Kier molecular flexibility index (Phi) is 6.17. The number of nitrogens with one attached hydrogen (secondary N) is 2. The number of hydrogen-bond donors (Lipinski definition) is 3. The summed E-state index contributed by atoms with van der Waals surface area (Å²) in [5.41, 5.74) is 6.10. The summed E-state index contributed by atoms with van der Waals surface area (Å²) in [5, 5.41) is 3.24. The maximum absolute atomic E-state index is 10.8.